The van der Waals surface area contributed by atoms with Crippen LogP contribution in [0.3, 0.4) is 0 Å². The summed E-state index contributed by atoms with van der Waals surface area (Å²) < 4.78 is 0. The Morgan fingerprint density at radius 3 is 2.86 bits per heavy atom. The van der Waals surface area contributed by atoms with Gasteiger partial charge in [0.05, 0.1) is 0 Å². The lowest BCUT2D eigenvalue weighted by Crippen LogP contribution is -2.49. The molecule has 21 heavy (non-hydrogen) atoms. The van der Waals surface area contributed by atoms with Gasteiger partial charge in [-0.2, -0.15) is 0 Å². The number of carbonyl (C=O) groups excluding carboxylic acids is 2. The van der Waals surface area contributed by atoms with E-state index in [0.717, 1.165) is 30.5 Å². The second-order valence-corrected chi connectivity index (χ2v) is 5.49. The minimum absolute atomic E-state index is 0.0362. The number of benzene rings is 1. The molecule has 1 aromatic carbocycles. The topological polar surface area (TPSA) is 75.4 Å². The monoisotopic (exact) mass is 289 g/mol. The van der Waals surface area contributed by atoms with Crippen molar-refractivity contribution in [3.05, 3.63) is 35.4 Å². The summed E-state index contributed by atoms with van der Waals surface area (Å²) in [6.45, 7) is 3.36. The third-order valence-corrected chi connectivity index (χ3v) is 3.78. The van der Waals surface area contributed by atoms with Crippen LogP contribution in [0.5, 0.6) is 0 Å². The van der Waals surface area contributed by atoms with Crippen LogP contribution >= 0.6 is 0 Å². The van der Waals surface area contributed by atoms with Gasteiger partial charge in [-0.3, -0.25) is 9.59 Å². The van der Waals surface area contributed by atoms with Gasteiger partial charge in [-0.05, 0) is 37.4 Å². The van der Waals surface area contributed by atoms with Crippen LogP contribution in [0.2, 0.25) is 0 Å². The average Bonchev–Trinajstić information content (AvgIpc) is 2.47. The second kappa shape index (κ2) is 7.22. The van der Waals surface area contributed by atoms with Crippen LogP contribution in [-0.2, 0) is 11.2 Å². The van der Waals surface area contributed by atoms with Crippen molar-refractivity contribution in [3.63, 3.8) is 0 Å². The first kappa shape index (κ1) is 15.5. The maximum atomic E-state index is 12.7. The Hall–Kier alpha value is -1.88. The number of piperidine rings is 1. The van der Waals surface area contributed by atoms with E-state index < -0.39 is 0 Å². The van der Waals surface area contributed by atoms with Crippen LogP contribution in [0.1, 0.15) is 35.7 Å². The molecule has 0 saturated carbocycles. The highest BCUT2D eigenvalue weighted by Crippen LogP contribution is 2.17. The summed E-state index contributed by atoms with van der Waals surface area (Å²) in [6, 6.07) is 7.67. The Morgan fingerprint density at radius 2 is 2.14 bits per heavy atom. The minimum Gasteiger partial charge on any atom is -0.352 e. The zero-order chi connectivity index (χ0) is 15.2. The molecule has 1 heterocycles. The van der Waals surface area contributed by atoms with Crippen LogP contribution in [-0.4, -0.2) is 42.4 Å². The molecule has 1 fully saturated rings. The van der Waals surface area contributed by atoms with Crippen molar-refractivity contribution in [1.82, 2.24) is 10.2 Å². The maximum absolute atomic E-state index is 12.7. The third kappa shape index (κ3) is 4.04. The van der Waals surface area contributed by atoms with Crippen LogP contribution in [0.4, 0.5) is 0 Å². The molecule has 0 aliphatic carbocycles. The second-order valence-electron chi connectivity index (χ2n) is 5.49. The number of nitrogens with two attached hydrogens (primary N) is 1. The van der Waals surface area contributed by atoms with E-state index in [1.165, 1.54) is 6.92 Å². The maximum Gasteiger partial charge on any atom is 0.254 e. The largest absolute Gasteiger partial charge is 0.352 e. The van der Waals surface area contributed by atoms with Crippen molar-refractivity contribution in [1.29, 1.82) is 0 Å². The van der Waals surface area contributed by atoms with Crippen molar-refractivity contribution >= 4 is 11.8 Å². The summed E-state index contributed by atoms with van der Waals surface area (Å²) in [5, 5.41) is 2.90. The summed E-state index contributed by atoms with van der Waals surface area (Å²) in [4.78, 5) is 25.7. The Morgan fingerprint density at radius 1 is 1.38 bits per heavy atom. The zero-order valence-electron chi connectivity index (χ0n) is 12.5. The fourth-order valence-electron chi connectivity index (χ4n) is 2.84. The number of amides is 2. The molecular weight excluding hydrogens is 266 g/mol. The molecule has 2 rings (SSSR count). The highest BCUT2D eigenvalue weighted by molar-refractivity contribution is 5.95. The van der Waals surface area contributed by atoms with E-state index in [-0.39, 0.29) is 17.9 Å². The van der Waals surface area contributed by atoms with E-state index in [4.69, 9.17) is 5.73 Å². The fraction of sp³-hybridized carbons (Fsp3) is 0.500. The molecule has 114 valence electrons. The standard InChI is InChI=1S/C16H23N3O2/c1-12(20)18-14-6-4-10-19(11-14)16(21)15-7-3-2-5-13(15)8-9-17/h2-3,5,7,14H,4,6,8-11,17H2,1H3,(H,18,20). The molecule has 1 atom stereocenters. The highest BCUT2D eigenvalue weighted by Gasteiger charge is 2.25. The lowest BCUT2D eigenvalue weighted by molar-refractivity contribution is -0.120. The van der Waals surface area contributed by atoms with Crippen molar-refractivity contribution in [2.75, 3.05) is 19.6 Å². The molecule has 2 amide bonds. The molecular formula is C16H23N3O2. The summed E-state index contributed by atoms with van der Waals surface area (Å²) in [5.41, 5.74) is 7.33. The van der Waals surface area contributed by atoms with E-state index in [0.29, 0.717) is 19.5 Å². The van der Waals surface area contributed by atoms with E-state index in [2.05, 4.69) is 5.32 Å². The molecule has 0 bridgehead atoms. The van der Waals surface area contributed by atoms with Gasteiger partial charge in [0.25, 0.3) is 5.91 Å². The minimum atomic E-state index is -0.0437. The lowest BCUT2D eigenvalue weighted by Gasteiger charge is -2.33. The molecule has 3 N–H and O–H groups in total. The van der Waals surface area contributed by atoms with Gasteiger partial charge in [-0.15, -0.1) is 0 Å². The van der Waals surface area contributed by atoms with Crippen molar-refractivity contribution in [2.24, 2.45) is 5.73 Å². The Labute approximate surface area is 125 Å². The van der Waals surface area contributed by atoms with Crippen molar-refractivity contribution in [2.45, 2.75) is 32.2 Å². The fourth-order valence-corrected chi connectivity index (χ4v) is 2.84. The highest BCUT2D eigenvalue weighted by atomic mass is 16.2. The number of rotatable bonds is 4. The third-order valence-electron chi connectivity index (χ3n) is 3.78. The molecule has 0 spiro atoms. The number of nitrogens with zero attached hydrogens (tertiary/aromatic N) is 1. The van der Waals surface area contributed by atoms with Crippen LogP contribution in [0.25, 0.3) is 0 Å². The predicted octanol–water partition coefficient (Wildman–Crippen LogP) is 0.928. The Balaban J connectivity index is 2.10. The Kier molecular flexibility index (Phi) is 5.33. The SMILES string of the molecule is CC(=O)NC1CCCN(C(=O)c2ccccc2CCN)C1. The van der Waals surface area contributed by atoms with Gasteiger partial charge < -0.3 is 16.0 Å². The molecule has 1 unspecified atom stereocenters. The van der Waals surface area contributed by atoms with E-state index >= 15 is 0 Å². The molecule has 0 radical (unpaired) electrons. The van der Waals surface area contributed by atoms with Crippen LogP contribution in [0, 0.1) is 0 Å². The number of nitrogens with one attached hydrogen (secondary N) is 1. The van der Waals surface area contributed by atoms with Crippen molar-refractivity contribution in [3.8, 4) is 0 Å². The summed E-state index contributed by atoms with van der Waals surface area (Å²) in [6.07, 6.45) is 2.54. The zero-order valence-corrected chi connectivity index (χ0v) is 12.5. The predicted molar refractivity (Wildman–Crippen MR) is 81.9 cm³/mol. The van der Waals surface area contributed by atoms with Gasteiger partial charge in [0.15, 0.2) is 0 Å². The molecule has 5 nitrogen and oxygen atoms in total. The smallest absolute Gasteiger partial charge is 0.254 e. The first-order valence-electron chi connectivity index (χ1n) is 7.46. The lowest BCUT2D eigenvalue weighted by atomic mass is 10.0. The number of hydrogen-bond acceptors (Lipinski definition) is 3. The van der Waals surface area contributed by atoms with Crippen LogP contribution in [0.15, 0.2) is 24.3 Å². The molecule has 5 heteroatoms. The van der Waals surface area contributed by atoms with Gasteiger partial charge in [0.1, 0.15) is 0 Å². The van der Waals surface area contributed by atoms with Crippen molar-refractivity contribution < 1.29 is 9.59 Å². The van der Waals surface area contributed by atoms with Gasteiger partial charge in [0, 0.05) is 31.6 Å². The first-order chi connectivity index (χ1) is 10.1. The number of hydrogen-bond donors (Lipinski definition) is 2. The Bertz CT molecular complexity index is 516. The molecule has 0 aromatic heterocycles. The normalized spacial score (nSPS) is 18.4. The van der Waals surface area contributed by atoms with Crippen LogP contribution < -0.4 is 11.1 Å². The summed E-state index contributed by atoms with van der Waals surface area (Å²) >= 11 is 0. The molecule has 1 saturated heterocycles. The number of likely N-dealkylation sites (tertiary alicyclic amines) is 1. The van der Waals surface area contributed by atoms with E-state index in [9.17, 15) is 9.59 Å². The van der Waals surface area contributed by atoms with E-state index in [1.54, 1.807) is 0 Å². The molecule has 1 aliphatic rings. The quantitative estimate of drug-likeness (QED) is 0.866. The summed E-state index contributed by atoms with van der Waals surface area (Å²) in [5.74, 6) is -0.00747. The van der Waals surface area contributed by atoms with E-state index in [1.807, 2.05) is 29.2 Å². The average molecular weight is 289 g/mol. The van der Waals surface area contributed by atoms with Gasteiger partial charge in [0.2, 0.25) is 5.91 Å². The number of carbonyl (C=O) groups is 2. The molecule has 1 aromatic rings. The first-order valence-corrected chi connectivity index (χ1v) is 7.46. The van der Waals surface area contributed by atoms with Gasteiger partial charge >= 0.3 is 0 Å². The van der Waals surface area contributed by atoms with Gasteiger partial charge in [-0.1, -0.05) is 18.2 Å². The molecule has 1 aliphatic heterocycles. The van der Waals surface area contributed by atoms with Gasteiger partial charge in [-0.25, -0.2) is 0 Å². The summed E-state index contributed by atoms with van der Waals surface area (Å²) in [7, 11) is 0.